The molecule has 0 bridgehead atoms. The second kappa shape index (κ2) is 7.21. The molecule has 0 amide bonds. The van der Waals surface area contributed by atoms with Gasteiger partial charge in [0.15, 0.2) is 5.82 Å². The lowest BCUT2D eigenvalue weighted by molar-refractivity contribution is -0.126. The molecular weight excluding hydrogens is 338 g/mol. The molecule has 3 aromatic rings. The van der Waals surface area contributed by atoms with E-state index in [1.165, 1.54) is 0 Å². The molecule has 0 unspecified atom stereocenters. The van der Waals surface area contributed by atoms with Crippen molar-refractivity contribution < 1.29 is 9.63 Å². The van der Waals surface area contributed by atoms with Crippen LogP contribution in [0.4, 0.5) is 0 Å². The molecule has 1 aliphatic heterocycles. The molecule has 1 atom stereocenters. The van der Waals surface area contributed by atoms with Gasteiger partial charge in [0.1, 0.15) is 11.8 Å². The fraction of sp³-hybridized carbons (Fsp3) is 0.182. The van der Waals surface area contributed by atoms with E-state index in [1.807, 2.05) is 67.6 Å². The number of imidazole rings is 1. The van der Waals surface area contributed by atoms with E-state index in [0.29, 0.717) is 23.7 Å². The second-order valence-electron chi connectivity index (χ2n) is 6.63. The Morgan fingerprint density at radius 1 is 1.07 bits per heavy atom. The number of aryl methyl sites for hydroxylation is 1. The average Bonchev–Trinajstić information content (AvgIpc) is 3.25. The third-order valence-corrected chi connectivity index (χ3v) is 4.76. The minimum Gasteiger partial charge on any atom is -0.409 e. The standard InChI is InChI=1S/C22H21N3O2/c1-16-19(21(26)22-23-13-14-24(22)2)20(18-11-7-4-8-12-18)25(27-16)15-17-9-5-3-6-10-17/h3-14,20H,15H2,1-2H3/t20-/m1/s1. The molecule has 0 aliphatic carbocycles. The van der Waals surface area contributed by atoms with Gasteiger partial charge in [0.05, 0.1) is 12.1 Å². The molecule has 1 aliphatic rings. The van der Waals surface area contributed by atoms with Crippen molar-refractivity contribution in [1.82, 2.24) is 14.6 Å². The quantitative estimate of drug-likeness (QED) is 0.645. The highest BCUT2D eigenvalue weighted by Crippen LogP contribution is 2.40. The summed E-state index contributed by atoms with van der Waals surface area (Å²) in [6.45, 7) is 2.42. The van der Waals surface area contributed by atoms with Crippen LogP contribution in [0.2, 0.25) is 0 Å². The number of rotatable bonds is 5. The van der Waals surface area contributed by atoms with Gasteiger partial charge in [-0.25, -0.2) is 4.98 Å². The van der Waals surface area contributed by atoms with Gasteiger partial charge in [-0.3, -0.25) is 4.79 Å². The normalized spacial score (nSPS) is 17.2. The number of hydrogen-bond acceptors (Lipinski definition) is 4. The van der Waals surface area contributed by atoms with E-state index in [1.54, 1.807) is 17.0 Å². The van der Waals surface area contributed by atoms with Crippen LogP contribution >= 0.6 is 0 Å². The molecule has 0 radical (unpaired) electrons. The van der Waals surface area contributed by atoms with Crippen LogP contribution in [0.1, 0.15) is 34.7 Å². The lowest BCUT2D eigenvalue weighted by Crippen LogP contribution is -2.26. The lowest BCUT2D eigenvalue weighted by Gasteiger charge is -2.24. The molecular formula is C22H21N3O2. The van der Waals surface area contributed by atoms with Crippen LogP contribution in [0, 0.1) is 0 Å². The van der Waals surface area contributed by atoms with Crippen molar-refractivity contribution in [3.8, 4) is 0 Å². The predicted octanol–water partition coefficient (Wildman–Crippen LogP) is 4.07. The zero-order valence-electron chi connectivity index (χ0n) is 15.4. The lowest BCUT2D eigenvalue weighted by atomic mass is 9.94. The largest absolute Gasteiger partial charge is 0.409 e. The van der Waals surface area contributed by atoms with Crippen molar-refractivity contribution in [3.05, 3.63) is 101 Å². The maximum absolute atomic E-state index is 13.3. The minimum absolute atomic E-state index is 0.107. The number of aromatic nitrogens is 2. The van der Waals surface area contributed by atoms with Crippen LogP contribution in [0.5, 0.6) is 0 Å². The average molecular weight is 359 g/mol. The van der Waals surface area contributed by atoms with Crippen molar-refractivity contribution in [3.63, 3.8) is 0 Å². The van der Waals surface area contributed by atoms with E-state index in [4.69, 9.17) is 4.84 Å². The number of benzene rings is 2. The van der Waals surface area contributed by atoms with Crippen molar-refractivity contribution in [1.29, 1.82) is 0 Å². The first kappa shape index (κ1) is 17.2. The number of ketones is 1. The minimum atomic E-state index is -0.282. The fourth-order valence-electron chi connectivity index (χ4n) is 3.46. The van der Waals surface area contributed by atoms with Crippen LogP contribution in [-0.4, -0.2) is 20.4 Å². The first-order valence-electron chi connectivity index (χ1n) is 8.91. The van der Waals surface area contributed by atoms with Gasteiger partial charge in [0.25, 0.3) is 0 Å². The SMILES string of the molecule is CC1=C(C(=O)c2nccn2C)[C@@H](c2ccccc2)N(Cc2ccccc2)O1. The number of hydrogen-bond donors (Lipinski definition) is 0. The Morgan fingerprint density at radius 2 is 1.74 bits per heavy atom. The van der Waals surface area contributed by atoms with Gasteiger partial charge in [-0.15, -0.1) is 5.06 Å². The summed E-state index contributed by atoms with van der Waals surface area (Å²) in [7, 11) is 1.82. The van der Waals surface area contributed by atoms with Crippen LogP contribution in [0.3, 0.4) is 0 Å². The Bertz CT molecular complexity index is 977. The van der Waals surface area contributed by atoms with E-state index < -0.39 is 0 Å². The number of Topliss-reactive ketones (excluding diaryl/α,β-unsaturated/α-hetero) is 1. The summed E-state index contributed by atoms with van der Waals surface area (Å²) in [5.74, 6) is 0.924. The third-order valence-electron chi connectivity index (χ3n) is 4.76. The van der Waals surface area contributed by atoms with Crippen LogP contribution < -0.4 is 0 Å². The number of allylic oxidation sites excluding steroid dienone is 1. The van der Waals surface area contributed by atoms with Crippen LogP contribution in [-0.2, 0) is 18.4 Å². The highest BCUT2D eigenvalue weighted by molar-refractivity contribution is 6.07. The molecule has 27 heavy (non-hydrogen) atoms. The summed E-state index contributed by atoms with van der Waals surface area (Å²) in [5, 5.41) is 1.87. The first-order valence-corrected chi connectivity index (χ1v) is 8.91. The van der Waals surface area contributed by atoms with Crippen LogP contribution in [0.15, 0.2) is 84.4 Å². The Labute approximate surface area is 158 Å². The molecule has 2 heterocycles. The van der Waals surface area contributed by atoms with Crippen molar-refractivity contribution in [2.45, 2.75) is 19.5 Å². The monoisotopic (exact) mass is 359 g/mol. The van der Waals surface area contributed by atoms with E-state index in [-0.39, 0.29) is 11.8 Å². The molecule has 0 fully saturated rings. The van der Waals surface area contributed by atoms with Gasteiger partial charge in [-0.2, -0.15) is 0 Å². The van der Waals surface area contributed by atoms with E-state index in [0.717, 1.165) is 11.1 Å². The highest BCUT2D eigenvalue weighted by Gasteiger charge is 2.39. The summed E-state index contributed by atoms with van der Waals surface area (Å²) in [4.78, 5) is 23.6. The number of carbonyl (C=O) groups excluding carboxylic acids is 1. The third kappa shape index (κ3) is 3.29. The summed E-state index contributed by atoms with van der Waals surface area (Å²) in [5.41, 5.74) is 2.77. The molecule has 5 nitrogen and oxygen atoms in total. The number of nitrogens with zero attached hydrogens (tertiary/aromatic N) is 3. The Morgan fingerprint density at radius 3 is 2.37 bits per heavy atom. The van der Waals surface area contributed by atoms with Crippen LogP contribution in [0.25, 0.3) is 0 Å². The van der Waals surface area contributed by atoms with E-state index in [2.05, 4.69) is 17.1 Å². The van der Waals surface area contributed by atoms with Gasteiger partial charge in [-0.1, -0.05) is 60.7 Å². The molecule has 4 rings (SSSR count). The van der Waals surface area contributed by atoms with Gasteiger partial charge in [0.2, 0.25) is 5.78 Å². The van der Waals surface area contributed by atoms with E-state index in [9.17, 15) is 4.79 Å². The van der Waals surface area contributed by atoms with Gasteiger partial charge < -0.3 is 9.40 Å². The second-order valence-corrected chi connectivity index (χ2v) is 6.63. The molecule has 0 saturated carbocycles. The molecule has 0 spiro atoms. The molecule has 0 saturated heterocycles. The highest BCUT2D eigenvalue weighted by atomic mass is 16.7. The Hall–Kier alpha value is -3.18. The first-order chi connectivity index (χ1) is 13.1. The topological polar surface area (TPSA) is 47.4 Å². The Balaban J connectivity index is 1.74. The summed E-state index contributed by atoms with van der Waals surface area (Å²) in [6.07, 6.45) is 3.41. The molecule has 5 heteroatoms. The molecule has 136 valence electrons. The summed E-state index contributed by atoms with van der Waals surface area (Å²) in [6, 6.07) is 19.8. The van der Waals surface area contributed by atoms with Gasteiger partial charge in [-0.05, 0) is 18.1 Å². The number of carbonyl (C=O) groups is 1. The van der Waals surface area contributed by atoms with Crippen molar-refractivity contribution >= 4 is 5.78 Å². The smallest absolute Gasteiger partial charge is 0.229 e. The van der Waals surface area contributed by atoms with E-state index >= 15 is 0 Å². The van der Waals surface area contributed by atoms with Crippen molar-refractivity contribution in [2.24, 2.45) is 7.05 Å². The molecule has 2 aromatic carbocycles. The Kier molecular flexibility index (Phi) is 4.60. The van der Waals surface area contributed by atoms with Gasteiger partial charge >= 0.3 is 0 Å². The maximum Gasteiger partial charge on any atom is 0.229 e. The number of hydroxylamine groups is 2. The predicted molar refractivity (Wildman–Crippen MR) is 102 cm³/mol. The zero-order chi connectivity index (χ0) is 18.8. The zero-order valence-corrected chi connectivity index (χ0v) is 15.4. The molecule has 0 N–H and O–H groups in total. The molecule has 1 aromatic heterocycles. The summed E-state index contributed by atoms with van der Waals surface area (Å²) < 4.78 is 1.74. The maximum atomic E-state index is 13.3. The fourth-order valence-corrected chi connectivity index (χ4v) is 3.46. The summed E-state index contributed by atoms with van der Waals surface area (Å²) >= 11 is 0. The van der Waals surface area contributed by atoms with Gasteiger partial charge in [0, 0.05) is 19.4 Å². The van der Waals surface area contributed by atoms with Crippen molar-refractivity contribution in [2.75, 3.05) is 0 Å².